The molecule has 0 aliphatic carbocycles. The Morgan fingerprint density at radius 3 is 2.17 bits per heavy atom. The third-order valence-corrected chi connectivity index (χ3v) is 8.97. The first kappa shape index (κ1) is 29.9. The monoisotopic (exact) mass is 612 g/mol. The number of nitro benzene ring substituents is 1. The topological polar surface area (TPSA) is 191 Å². The first-order chi connectivity index (χ1) is 19.9. The zero-order valence-electron chi connectivity index (χ0n) is 22.2. The first-order valence-corrected chi connectivity index (χ1v) is 14.9. The number of sulfonamides is 2. The van der Waals surface area contributed by atoms with Crippen LogP contribution >= 0.6 is 0 Å². The van der Waals surface area contributed by atoms with Gasteiger partial charge < -0.3 is 10.1 Å². The molecular weight excluding hydrogens is 588 g/mol. The molecule has 0 fully saturated rings. The van der Waals surface area contributed by atoms with Gasteiger partial charge in [0, 0.05) is 29.7 Å². The Balaban J connectivity index is 1.58. The minimum absolute atomic E-state index is 0.102. The fourth-order valence-electron chi connectivity index (χ4n) is 3.72. The molecule has 0 bridgehead atoms. The van der Waals surface area contributed by atoms with Crippen molar-refractivity contribution in [1.82, 2.24) is 9.97 Å². The molecule has 16 heteroatoms. The molecule has 0 unspecified atom stereocenters. The van der Waals surface area contributed by atoms with Gasteiger partial charge in [0.1, 0.15) is 12.3 Å². The number of nitrogens with zero attached hydrogens (tertiary/aromatic N) is 4. The van der Waals surface area contributed by atoms with Crippen molar-refractivity contribution in [3.63, 3.8) is 0 Å². The van der Waals surface area contributed by atoms with Crippen molar-refractivity contribution >= 4 is 49.0 Å². The summed E-state index contributed by atoms with van der Waals surface area (Å²) in [7, 11) is -7.04. The maximum atomic E-state index is 13.7. The summed E-state index contributed by atoms with van der Waals surface area (Å²) < 4.78 is 60.7. The summed E-state index contributed by atoms with van der Waals surface area (Å²) in [6.07, 6.45) is 2.75. The van der Waals surface area contributed by atoms with Gasteiger partial charge in [0.25, 0.3) is 25.7 Å². The van der Waals surface area contributed by atoms with Gasteiger partial charge in [-0.05, 0) is 67.6 Å². The number of methoxy groups -OCH3 is 1. The molecule has 14 nitrogen and oxygen atoms in total. The van der Waals surface area contributed by atoms with E-state index in [1.807, 2.05) is 0 Å². The Hall–Kier alpha value is -5.09. The molecule has 4 rings (SSSR count). The van der Waals surface area contributed by atoms with Gasteiger partial charge in [0.05, 0.1) is 27.5 Å². The van der Waals surface area contributed by atoms with Crippen molar-refractivity contribution in [2.75, 3.05) is 28.0 Å². The van der Waals surface area contributed by atoms with Crippen LogP contribution in [0.3, 0.4) is 0 Å². The standard InChI is InChI=1S/C26H24N6O8S2/c1-18-4-11-23(16-24(18)32(34)35)42(38,39)31(20-7-9-21(40-2)10-8-20)17-25(33)29-19-5-12-22(13-6-19)41(36,37)30-26-27-14-3-15-28-26/h3-16H,17H2,1-2H3,(H,29,33)(H,27,28,30). The lowest BCUT2D eigenvalue weighted by Gasteiger charge is -2.24. The number of benzene rings is 3. The Kier molecular flexibility index (Phi) is 8.68. The van der Waals surface area contributed by atoms with Crippen LogP contribution in [0.4, 0.5) is 23.0 Å². The number of hydrogen-bond acceptors (Lipinski definition) is 10. The van der Waals surface area contributed by atoms with Gasteiger partial charge in [0.2, 0.25) is 11.9 Å². The number of ether oxygens (including phenoxy) is 1. The highest BCUT2D eigenvalue weighted by molar-refractivity contribution is 7.93. The summed E-state index contributed by atoms with van der Waals surface area (Å²) in [5, 5.41) is 14.0. The van der Waals surface area contributed by atoms with Crippen molar-refractivity contribution in [1.29, 1.82) is 0 Å². The van der Waals surface area contributed by atoms with E-state index in [4.69, 9.17) is 4.74 Å². The van der Waals surface area contributed by atoms with Crippen LogP contribution in [0.1, 0.15) is 5.56 Å². The number of anilines is 3. The van der Waals surface area contributed by atoms with Crippen LogP contribution in [0.25, 0.3) is 0 Å². The first-order valence-electron chi connectivity index (χ1n) is 12.0. The van der Waals surface area contributed by atoms with Gasteiger partial charge in [-0.1, -0.05) is 6.07 Å². The van der Waals surface area contributed by atoms with Gasteiger partial charge >= 0.3 is 0 Å². The maximum absolute atomic E-state index is 13.7. The molecule has 0 spiro atoms. The van der Waals surface area contributed by atoms with Crippen molar-refractivity contribution < 1.29 is 31.3 Å². The molecule has 0 atom stereocenters. The number of carbonyl (C=O) groups is 1. The molecule has 0 aliphatic rings. The molecule has 1 amide bonds. The molecule has 4 aromatic rings. The van der Waals surface area contributed by atoms with Crippen LogP contribution in [-0.4, -0.2) is 51.3 Å². The number of nitro groups is 1. The quantitative estimate of drug-likeness (QED) is 0.188. The summed E-state index contributed by atoms with van der Waals surface area (Å²) in [5.74, 6) is -0.439. The molecule has 0 saturated heterocycles. The Bertz CT molecular complexity index is 1820. The fraction of sp³-hybridized carbons (Fsp3) is 0.115. The van der Waals surface area contributed by atoms with Crippen molar-refractivity contribution in [2.24, 2.45) is 0 Å². The zero-order chi connectivity index (χ0) is 30.5. The van der Waals surface area contributed by atoms with Gasteiger partial charge in [-0.15, -0.1) is 0 Å². The molecule has 0 saturated carbocycles. The lowest BCUT2D eigenvalue weighted by atomic mass is 10.2. The van der Waals surface area contributed by atoms with E-state index in [2.05, 4.69) is 20.0 Å². The SMILES string of the molecule is COc1ccc(N(CC(=O)Nc2ccc(S(=O)(=O)Nc3ncccn3)cc2)S(=O)(=O)c2ccc(C)c([N+](=O)[O-])c2)cc1. The molecule has 1 aromatic heterocycles. The number of hydrogen-bond donors (Lipinski definition) is 2. The molecular formula is C26H24N6O8S2. The van der Waals surface area contributed by atoms with Crippen LogP contribution in [-0.2, 0) is 24.8 Å². The van der Waals surface area contributed by atoms with Crippen molar-refractivity contribution in [3.05, 3.63) is 101 Å². The summed E-state index contributed by atoms with van der Waals surface area (Å²) in [4.78, 5) is 30.9. The summed E-state index contributed by atoms with van der Waals surface area (Å²) in [6.45, 7) is 0.772. The molecule has 42 heavy (non-hydrogen) atoms. The summed E-state index contributed by atoms with van der Waals surface area (Å²) in [5.41, 5.74) is 0.168. The van der Waals surface area contributed by atoms with E-state index in [1.54, 1.807) is 0 Å². The van der Waals surface area contributed by atoms with Gasteiger partial charge in [0.15, 0.2) is 0 Å². The number of aryl methyl sites for hydroxylation is 1. The van der Waals surface area contributed by atoms with E-state index in [0.717, 1.165) is 10.4 Å². The van der Waals surface area contributed by atoms with E-state index in [-0.39, 0.29) is 32.7 Å². The van der Waals surface area contributed by atoms with Crippen LogP contribution < -0.4 is 19.1 Å². The highest BCUT2D eigenvalue weighted by Crippen LogP contribution is 2.29. The van der Waals surface area contributed by atoms with Crippen LogP contribution in [0.2, 0.25) is 0 Å². The summed E-state index contributed by atoms with van der Waals surface area (Å²) >= 11 is 0. The second kappa shape index (κ2) is 12.2. The number of rotatable bonds is 11. The third kappa shape index (κ3) is 6.79. The largest absolute Gasteiger partial charge is 0.497 e. The van der Waals surface area contributed by atoms with Crippen LogP contribution in [0.15, 0.2) is 95.0 Å². The summed E-state index contributed by atoms with van der Waals surface area (Å²) in [6, 6.07) is 16.0. The van der Waals surface area contributed by atoms with Crippen LogP contribution in [0, 0.1) is 17.0 Å². The lowest BCUT2D eigenvalue weighted by Crippen LogP contribution is -2.38. The Morgan fingerprint density at radius 1 is 0.952 bits per heavy atom. The van der Waals surface area contributed by atoms with E-state index >= 15 is 0 Å². The fourth-order valence-corrected chi connectivity index (χ4v) is 6.12. The highest BCUT2D eigenvalue weighted by Gasteiger charge is 2.29. The molecule has 1 heterocycles. The smallest absolute Gasteiger partial charge is 0.273 e. The van der Waals surface area contributed by atoms with Gasteiger partial charge in [-0.3, -0.25) is 19.2 Å². The molecule has 0 aliphatic heterocycles. The molecule has 3 aromatic carbocycles. The van der Waals surface area contributed by atoms with E-state index in [0.29, 0.717) is 5.75 Å². The van der Waals surface area contributed by atoms with E-state index < -0.39 is 43.1 Å². The highest BCUT2D eigenvalue weighted by atomic mass is 32.2. The zero-order valence-corrected chi connectivity index (χ0v) is 23.8. The molecule has 218 valence electrons. The number of aromatic nitrogens is 2. The second-order valence-corrected chi connectivity index (χ2v) is 12.2. The molecule has 2 N–H and O–H groups in total. The van der Waals surface area contributed by atoms with Crippen LogP contribution in [0.5, 0.6) is 5.75 Å². The number of carbonyl (C=O) groups excluding carboxylic acids is 1. The Labute approximate surface area is 241 Å². The Morgan fingerprint density at radius 2 is 1.57 bits per heavy atom. The predicted octanol–water partition coefficient (Wildman–Crippen LogP) is 3.34. The van der Waals surface area contributed by atoms with Crippen molar-refractivity contribution in [3.8, 4) is 5.75 Å². The molecule has 0 radical (unpaired) electrons. The average molecular weight is 613 g/mol. The second-order valence-electron chi connectivity index (χ2n) is 8.67. The van der Waals surface area contributed by atoms with E-state index in [1.165, 1.54) is 93.2 Å². The third-order valence-electron chi connectivity index (χ3n) is 5.85. The van der Waals surface area contributed by atoms with Gasteiger partial charge in [-0.2, -0.15) is 0 Å². The minimum atomic E-state index is -4.46. The normalized spacial score (nSPS) is 11.4. The predicted molar refractivity (Wildman–Crippen MR) is 153 cm³/mol. The van der Waals surface area contributed by atoms with Crippen molar-refractivity contribution in [2.45, 2.75) is 16.7 Å². The number of nitrogens with one attached hydrogen (secondary N) is 2. The number of amides is 1. The maximum Gasteiger partial charge on any atom is 0.273 e. The minimum Gasteiger partial charge on any atom is -0.497 e. The lowest BCUT2D eigenvalue weighted by molar-refractivity contribution is -0.385. The average Bonchev–Trinajstić information content (AvgIpc) is 2.96. The van der Waals surface area contributed by atoms with Gasteiger partial charge in [-0.25, -0.2) is 31.5 Å². The van der Waals surface area contributed by atoms with E-state index in [9.17, 15) is 31.7 Å².